The monoisotopic (exact) mass is 406 g/mol. The fourth-order valence-corrected chi connectivity index (χ4v) is 3.91. The first kappa shape index (κ1) is 19.9. The van der Waals surface area contributed by atoms with Crippen molar-refractivity contribution in [1.29, 1.82) is 0 Å². The Balaban J connectivity index is 1.36. The van der Waals surface area contributed by atoms with E-state index in [2.05, 4.69) is 31.1 Å². The van der Waals surface area contributed by atoms with Gasteiger partial charge in [0.25, 0.3) is 0 Å². The molecule has 8 nitrogen and oxygen atoms in total. The number of hydrogen-bond donors (Lipinski definition) is 4. The topological polar surface area (TPSA) is 112 Å². The Kier molecular flexibility index (Phi) is 5.92. The van der Waals surface area contributed by atoms with E-state index >= 15 is 0 Å². The van der Waals surface area contributed by atoms with Gasteiger partial charge in [0, 0.05) is 18.7 Å². The number of H-pyrrole nitrogens is 1. The van der Waals surface area contributed by atoms with Crippen molar-refractivity contribution in [2.24, 2.45) is 5.92 Å². The molecule has 156 valence electrons. The zero-order valence-corrected chi connectivity index (χ0v) is 16.9. The third-order valence-corrected chi connectivity index (χ3v) is 5.54. The van der Waals surface area contributed by atoms with Gasteiger partial charge in [0.15, 0.2) is 5.82 Å². The average molecular weight is 406 g/mol. The van der Waals surface area contributed by atoms with Crippen LogP contribution < -0.4 is 16.0 Å². The maximum absolute atomic E-state index is 12.3. The molecule has 3 amide bonds. The summed E-state index contributed by atoms with van der Waals surface area (Å²) in [4.78, 5) is 28.9. The van der Waals surface area contributed by atoms with Crippen LogP contribution in [0.2, 0.25) is 0 Å². The number of aromatic amines is 1. The van der Waals surface area contributed by atoms with Crippen LogP contribution in [-0.4, -0.2) is 27.1 Å². The third-order valence-electron chi connectivity index (χ3n) is 5.54. The van der Waals surface area contributed by atoms with Crippen LogP contribution in [-0.2, 0) is 4.79 Å². The minimum Gasteiger partial charge on any atom is -0.331 e. The van der Waals surface area contributed by atoms with Crippen molar-refractivity contribution in [2.75, 3.05) is 10.6 Å². The van der Waals surface area contributed by atoms with E-state index in [9.17, 15) is 9.59 Å². The predicted molar refractivity (Wildman–Crippen MR) is 116 cm³/mol. The van der Waals surface area contributed by atoms with E-state index in [4.69, 9.17) is 0 Å². The molecule has 0 bridgehead atoms. The molecule has 3 aromatic rings. The Morgan fingerprint density at radius 2 is 1.93 bits per heavy atom. The Morgan fingerprint density at radius 1 is 1.17 bits per heavy atom. The minimum absolute atomic E-state index is 0.0215. The largest absolute Gasteiger partial charge is 0.331 e. The predicted octanol–water partition coefficient (Wildman–Crippen LogP) is 4.36. The summed E-state index contributed by atoms with van der Waals surface area (Å²) < 4.78 is 0. The number of carbonyl (C=O) groups is 2. The first-order chi connectivity index (χ1) is 14.6. The van der Waals surface area contributed by atoms with E-state index in [1.807, 2.05) is 37.3 Å². The zero-order valence-electron chi connectivity index (χ0n) is 16.9. The van der Waals surface area contributed by atoms with Gasteiger partial charge in [0.2, 0.25) is 5.91 Å². The van der Waals surface area contributed by atoms with Crippen LogP contribution in [0.4, 0.5) is 16.4 Å². The molecule has 8 heteroatoms. The number of carbonyl (C=O) groups excluding carboxylic acids is 2. The third kappa shape index (κ3) is 4.76. The first-order valence-electron chi connectivity index (χ1n) is 10.3. The van der Waals surface area contributed by atoms with Crippen molar-refractivity contribution in [1.82, 2.24) is 20.5 Å². The number of nitrogens with one attached hydrogen (secondary N) is 4. The van der Waals surface area contributed by atoms with E-state index in [1.54, 1.807) is 12.3 Å². The van der Waals surface area contributed by atoms with Gasteiger partial charge in [0.1, 0.15) is 5.82 Å². The van der Waals surface area contributed by atoms with Crippen LogP contribution in [0.15, 0.2) is 42.6 Å². The molecular weight excluding hydrogens is 380 g/mol. The summed E-state index contributed by atoms with van der Waals surface area (Å²) >= 11 is 0. The molecule has 0 radical (unpaired) electrons. The molecule has 0 aliphatic heterocycles. The molecular formula is C22H26N6O2. The lowest BCUT2D eigenvalue weighted by molar-refractivity contribution is -0.117. The number of amides is 3. The van der Waals surface area contributed by atoms with Gasteiger partial charge in [-0.25, -0.2) is 9.78 Å². The number of benzene rings is 1. The summed E-state index contributed by atoms with van der Waals surface area (Å²) in [7, 11) is 0. The SMILES string of the molecule is C[C@@H](NC(=O)Nc1cc2[nH]nc(NC(=O)CC3CCCC3)c2cn1)c1ccccc1. The van der Waals surface area contributed by atoms with E-state index in [0.29, 0.717) is 34.9 Å². The van der Waals surface area contributed by atoms with Crippen LogP contribution in [0.25, 0.3) is 10.9 Å². The molecule has 0 saturated heterocycles. The summed E-state index contributed by atoms with van der Waals surface area (Å²) in [6, 6.07) is 10.9. The van der Waals surface area contributed by atoms with Crippen molar-refractivity contribution in [3.8, 4) is 0 Å². The second-order valence-corrected chi connectivity index (χ2v) is 7.82. The lowest BCUT2D eigenvalue weighted by Crippen LogP contribution is -2.31. The Bertz CT molecular complexity index is 1030. The standard InChI is InChI=1S/C22H26N6O2/c1-14(16-9-3-2-4-10-16)24-22(30)25-19-12-18-17(13-23-19)21(28-27-18)26-20(29)11-15-7-5-6-8-15/h2-4,9-10,12-15H,5-8,11H2,1H3,(H2,23,24,25,30)(H2,26,27,28,29)/t14-/m1/s1. The van der Waals surface area contributed by atoms with Crippen molar-refractivity contribution in [3.63, 3.8) is 0 Å². The van der Waals surface area contributed by atoms with Gasteiger partial charge in [-0.05, 0) is 31.2 Å². The second-order valence-electron chi connectivity index (χ2n) is 7.82. The lowest BCUT2D eigenvalue weighted by Gasteiger charge is -2.14. The highest BCUT2D eigenvalue weighted by molar-refractivity contribution is 6.00. The van der Waals surface area contributed by atoms with E-state index in [1.165, 1.54) is 12.8 Å². The number of rotatable bonds is 6. The van der Waals surface area contributed by atoms with Gasteiger partial charge in [-0.3, -0.25) is 15.2 Å². The molecule has 1 atom stereocenters. The number of hydrogen-bond acceptors (Lipinski definition) is 4. The van der Waals surface area contributed by atoms with Gasteiger partial charge < -0.3 is 10.6 Å². The van der Waals surface area contributed by atoms with Crippen LogP contribution in [0.3, 0.4) is 0 Å². The van der Waals surface area contributed by atoms with Gasteiger partial charge in [-0.2, -0.15) is 5.10 Å². The number of aromatic nitrogens is 3. The smallest absolute Gasteiger partial charge is 0.320 e. The van der Waals surface area contributed by atoms with Crippen LogP contribution in [0, 0.1) is 5.92 Å². The van der Waals surface area contributed by atoms with E-state index in [-0.39, 0.29) is 18.0 Å². The van der Waals surface area contributed by atoms with Crippen molar-refractivity contribution >= 4 is 34.5 Å². The summed E-state index contributed by atoms with van der Waals surface area (Å²) in [5, 5.41) is 16.3. The average Bonchev–Trinajstić information content (AvgIpc) is 3.38. The Labute approximate surface area is 174 Å². The van der Waals surface area contributed by atoms with Crippen LogP contribution in [0.1, 0.15) is 50.6 Å². The lowest BCUT2D eigenvalue weighted by atomic mass is 10.0. The van der Waals surface area contributed by atoms with Gasteiger partial charge in [-0.1, -0.05) is 43.2 Å². The molecule has 2 heterocycles. The molecule has 0 unspecified atom stereocenters. The minimum atomic E-state index is -0.345. The summed E-state index contributed by atoms with van der Waals surface area (Å²) in [5.74, 6) is 1.31. The highest BCUT2D eigenvalue weighted by atomic mass is 16.2. The second kappa shape index (κ2) is 8.94. The van der Waals surface area contributed by atoms with Crippen molar-refractivity contribution in [2.45, 2.75) is 45.1 Å². The van der Waals surface area contributed by atoms with Gasteiger partial charge >= 0.3 is 6.03 Å². The van der Waals surface area contributed by atoms with Crippen LogP contribution in [0.5, 0.6) is 0 Å². The molecule has 30 heavy (non-hydrogen) atoms. The maximum Gasteiger partial charge on any atom is 0.320 e. The fourth-order valence-electron chi connectivity index (χ4n) is 3.91. The number of urea groups is 1. The molecule has 1 aromatic carbocycles. The molecule has 1 saturated carbocycles. The molecule has 0 spiro atoms. The highest BCUT2D eigenvalue weighted by Crippen LogP contribution is 2.28. The van der Waals surface area contributed by atoms with Gasteiger partial charge in [-0.15, -0.1) is 0 Å². The first-order valence-corrected chi connectivity index (χ1v) is 10.3. The zero-order chi connectivity index (χ0) is 20.9. The van der Waals surface area contributed by atoms with Crippen molar-refractivity contribution < 1.29 is 9.59 Å². The van der Waals surface area contributed by atoms with E-state index in [0.717, 1.165) is 18.4 Å². The molecule has 1 aliphatic rings. The fraction of sp³-hybridized carbons (Fsp3) is 0.364. The number of nitrogens with zero attached hydrogens (tertiary/aromatic N) is 2. The number of pyridine rings is 1. The van der Waals surface area contributed by atoms with Gasteiger partial charge in [0.05, 0.1) is 16.9 Å². The molecule has 4 rings (SSSR count). The Hall–Kier alpha value is -3.42. The highest BCUT2D eigenvalue weighted by Gasteiger charge is 2.19. The molecule has 2 aromatic heterocycles. The molecule has 4 N–H and O–H groups in total. The van der Waals surface area contributed by atoms with E-state index < -0.39 is 0 Å². The normalized spacial score (nSPS) is 15.1. The Morgan fingerprint density at radius 3 is 2.70 bits per heavy atom. The van der Waals surface area contributed by atoms with Crippen LogP contribution >= 0.6 is 0 Å². The molecule has 1 aliphatic carbocycles. The quantitative estimate of drug-likeness (QED) is 0.487. The van der Waals surface area contributed by atoms with Crippen molar-refractivity contribution in [3.05, 3.63) is 48.2 Å². The summed E-state index contributed by atoms with van der Waals surface area (Å²) in [5.41, 5.74) is 1.70. The molecule has 1 fully saturated rings. The maximum atomic E-state index is 12.3. The summed E-state index contributed by atoms with van der Waals surface area (Å²) in [6.07, 6.45) is 6.79. The number of anilines is 2. The number of fused-ring (bicyclic) bond motifs is 1. The summed E-state index contributed by atoms with van der Waals surface area (Å²) in [6.45, 7) is 1.92.